The van der Waals surface area contributed by atoms with Gasteiger partial charge in [-0.25, -0.2) is 4.39 Å². The Labute approximate surface area is 104 Å². The zero-order valence-electron chi connectivity index (χ0n) is 8.84. The minimum Gasteiger partial charge on any atom is -0.329 e. The summed E-state index contributed by atoms with van der Waals surface area (Å²) >= 11 is 3.21. The Morgan fingerprint density at radius 2 is 2.31 bits per heavy atom. The van der Waals surface area contributed by atoms with E-state index in [1.54, 1.807) is 12.1 Å². The fraction of sp³-hybridized carbons (Fsp3) is 0.333. The van der Waals surface area contributed by atoms with E-state index in [-0.39, 0.29) is 11.9 Å². The van der Waals surface area contributed by atoms with Gasteiger partial charge in [-0.05, 0) is 12.1 Å². The third kappa shape index (κ3) is 3.60. The summed E-state index contributed by atoms with van der Waals surface area (Å²) in [5.74, 6) is 2.25. The second-order valence-electron chi connectivity index (χ2n) is 3.36. The Morgan fingerprint density at radius 1 is 1.56 bits per heavy atom. The lowest BCUT2D eigenvalue weighted by Crippen LogP contribution is -2.29. The molecule has 86 valence electrons. The Hall–Kier alpha value is -0.890. The van der Waals surface area contributed by atoms with E-state index in [2.05, 4.69) is 27.2 Å². The second kappa shape index (κ2) is 6.64. The number of halogens is 2. The number of nitrogens with two attached hydrogens (primary N) is 1. The van der Waals surface area contributed by atoms with Crippen molar-refractivity contribution in [3.05, 3.63) is 34.1 Å². The highest BCUT2D eigenvalue weighted by molar-refractivity contribution is 9.10. The van der Waals surface area contributed by atoms with Crippen molar-refractivity contribution in [2.24, 2.45) is 5.73 Å². The first kappa shape index (κ1) is 13.2. The average Bonchev–Trinajstić information content (AvgIpc) is 2.26. The molecule has 1 rings (SSSR count). The van der Waals surface area contributed by atoms with Gasteiger partial charge in [-0.15, -0.1) is 12.3 Å². The molecule has 1 unspecified atom stereocenters. The highest BCUT2D eigenvalue weighted by Crippen LogP contribution is 2.20. The number of terminal acetylenes is 1. The van der Waals surface area contributed by atoms with Crippen molar-refractivity contribution >= 4 is 15.9 Å². The molecule has 0 spiro atoms. The Kier molecular flexibility index (Phi) is 5.47. The molecular weight excluding hydrogens is 271 g/mol. The SMILES string of the molecule is C#CCCNC(CN)c1ccc(Br)cc1F. The van der Waals surface area contributed by atoms with Gasteiger partial charge in [-0.1, -0.05) is 22.0 Å². The summed E-state index contributed by atoms with van der Waals surface area (Å²) in [5.41, 5.74) is 6.17. The van der Waals surface area contributed by atoms with Crippen LogP contribution in [0.3, 0.4) is 0 Å². The smallest absolute Gasteiger partial charge is 0.129 e. The van der Waals surface area contributed by atoms with Gasteiger partial charge in [0.2, 0.25) is 0 Å². The number of hydrogen-bond donors (Lipinski definition) is 2. The molecule has 3 N–H and O–H groups in total. The van der Waals surface area contributed by atoms with Gasteiger partial charge in [0.1, 0.15) is 5.82 Å². The first-order chi connectivity index (χ1) is 7.69. The highest BCUT2D eigenvalue weighted by Gasteiger charge is 2.13. The molecule has 0 radical (unpaired) electrons. The van der Waals surface area contributed by atoms with Gasteiger partial charge >= 0.3 is 0 Å². The quantitative estimate of drug-likeness (QED) is 0.643. The summed E-state index contributed by atoms with van der Waals surface area (Å²) < 4.78 is 14.3. The van der Waals surface area contributed by atoms with Crippen LogP contribution < -0.4 is 11.1 Å². The van der Waals surface area contributed by atoms with Crippen LogP contribution in [0.25, 0.3) is 0 Å². The van der Waals surface area contributed by atoms with Crippen LogP contribution in [0, 0.1) is 18.2 Å². The maximum absolute atomic E-state index is 13.6. The summed E-state index contributed by atoms with van der Waals surface area (Å²) in [5, 5.41) is 3.12. The molecule has 4 heteroatoms. The van der Waals surface area contributed by atoms with E-state index < -0.39 is 0 Å². The summed E-state index contributed by atoms with van der Waals surface area (Å²) in [4.78, 5) is 0. The molecule has 0 heterocycles. The first-order valence-electron chi connectivity index (χ1n) is 5.01. The van der Waals surface area contributed by atoms with Crippen molar-refractivity contribution in [2.75, 3.05) is 13.1 Å². The molecule has 0 aromatic heterocycles. The topological polar surface area (TPSA) is 38.0 Å². The molecule has 0 fully saturated rings. The van der Waals surface area contributed by atoms with Crippen molar-refractivity contribution in [1.29, 1.82) is 0 Å². The predicted octanol–water partition coefficient (Wildman–Crippen LogP) is 2.20. The third-order valence-corrected chi connectivity index (χ3v) is 2.73. The average molecular weight is 285 g/mol. The van der Waals surface area contributed by atoms with Crippen LogP contribution in [0.15, 0.2) is 22.7 Å². The van der Waals surface area contributed by atoms with Gasteiger partial charge in [0.05, 0.1) is 0 Å². The van der Waals surface area contributed by atoms with Gasteiger partial charge in [0.15, 0.2) is 0 Å². The van der Waals surface area contributed by atoms with E-state index in [4.69, 9.17) is 12.2 Å². The zero-order chi connectivity index (χ0) is 12.0. The van der Waals surface area contributed by atoms with Gasteiger partial charge < -0.3 is 11.1 Å². The van der Waals surface area contributed by atoms with E-state index in [0.717, 1.165) is 0 Å². The van der Waals surface area contributed by atoms with E-state index in [9.17, 15) is 4.39 Å². The lowest BCUT2D eigenvalue weighted by atomic mass is 10.1. The molecular formula is C12H14BrFN2. The fourth-order valence-electron chi connectivity index (χ4n) is 1.42. The Bertz CT molecular complexity index is 387. The second-order valence-corrected chi connectivity index (χ2v) is 4.28. The molecule has 0 amide bonds. The van der Waals surface area contributed by atoms with Crippen LogP contribution in [-0.4, -0.2) is 13.1 Å². The molecule has 1 aromatic rings. The summed E-state index contributed by atoms with van der Waals surface area (Å²) in [6, 6.07) is 4.76. The summed E-state index contributed by atoms with van der Waals surface area (Å²) in [6.07, 6.45) is 5.75. The van der Waals surface area contributed by atoms with Crippen LogP contribution in [0.1, 0.15) is 18.0 Å². The summed E-state index contributed by atoms with van der Waals surface area (Å²) in [6.45, 7) is 0.969. The van der Waals surface area contributed by atoms with Gasteiger partial charge in [-0.3, -0.25) is 0 Å². The monoisotopic (exact) mass is 284 g/mol. The Morgan fingerprint density at radius 3 is 2.88 bits per heavy atom. The number of benzene rings is 1. The predicted molar refractivity (Wildman–Crippen MR) is 67.3 cm³/mol. The van der Waals surface area contributed by atoms with Crippen LogP contribution >= 0.6 is 15.9 Å². The van der Waals surface area contributed by atoms with Crippen LogP contribution in [0.2, 0.25) is 0 Å². The van der Waals surface area contributed by atoms with Crippen molar-refractivity contribution in [3.63, 3.8) is 0 Å². The van der Waals surface area contributed by atoms with Crippen molar-refractivity contribution in [1.82, 2.24) is 5.32 Å². The molecule has 2 nitrogen and oxygen atoms in total. The van der Waals surface area contributed by atoms with Gasteiger partial charge in [0.25, 0.3) is 0 Å². The van der Waals surface area contributed by atoms with Crippen molar-refractivity contribution in [3.8, 4) is 12.3 Å². The summed E-state index contributed by atoms with van der Waals surface area (Å²) in [7, 11) is 0. The zero-order valence-corrected chi connectivity index (χ0v) is 10.4. The molecule has 1 atom stereocenters. The van der Waals surface area contributed by atoms with Crippen LogP contribution in [0.4, 0.5) is 4.39 Å². The van der Waals surface area contributed by atoms with E-state index in [1.165, 1.54) is 6.07 Å². The molecule has 0 aliphatic rings. The van der Waals surface area contributed by atoms with E-state index >= 15 is 0 Å². The fourth-order valence-corrected chi connectivity index (χ4v) is 1.76. The molecule has 0 bridgehead atoms. The number of rotatable bonds is 5. The molecule has 0 aliphatic heterocycles. The molecule has 16 heavy (non-hydrogen) atoms. The maximum atomic E-state index is 13.6. The molecule has 0 saturated heterocycles. The maximum Gasteiger partial charge on any atom is 0.129 e. The molecule has 0 aliphatic carbocycles. The van der Waals surface area contributed by atoms with Gasteiger partial charge in [-0.2, -0.15) is 0 Å². The van der Waals surface area contributed by atoms with Crippen LogP contribution in [0.5, 0.6) is 0 Å². The molecule has 0 saturated carbocycles. The Balaban J connectivity index is 2.75. The lowest BCUT2D eigenvalue weighted by molar-refractivity contribution is 0.512. The highest BCUT2D eigenvalue weighted by atomic mass is 79.9. The van der Waals surface area contributed by atoms with E-state index in [0.29, 0.717) is 29.5 Å². The molecule has 1 aromatic carbocycles. The lowest BCUT2D eigenvalue weighted by Gasteiger charge is -2.17. The minimum absolute atomic E-state index is 0.193. The number of hydrogen-bond acceptors (Lipinski definition) is 2. The minimum atomic E-state index is -0.266. The largest absolute Gasteiger partial charge is 0.329 e. The number of nitrogens with one attached hydrogen (secondary N) is 1. The third-order valence-electron chi connectivity index (χ3n) is 2.23. The van der Waals surface area contributed by atoms with Crippen molar-refractivity contribution < 1.29 is 4.39 Å². The van der Waals surface area contributed by atoms with Gasteiger partial charge in [0, 0.05) is 35.6 Å². The van der Waals surface area contributed by atoms with Crippen molar-refractivity contribution in [2.45, 2.75) is 12.5 Å². The van der Waals surface area contributed by atoms with E-state index in [1.807, 2.05) is 0 Å². The normalized spacial score (nSPS) is 12.1. The van der Waals surface area contributed by atoms with Crippen LogP contribution in [-0.2, 0) is 0 Å². The first-order valence-corrected chi connectivity index (χ1v) is 5.80. The standard InChI is InChI=1S/C12H14BrFN2/c1-2-3-6-16-12(8-15)10-5-4-9(13)7-11(10)14/h1,4-5,7,12,16H,3,6,8,15H2.